The Morgan fingerprint density at radius 2 is 1.76 bits per heavy atom. The van der Waals surface area contributed by atoms with Gasteiger partial charge in [-0.15, -0.1) is 0 Å². The maximum atomic E-state index is 12.5. The van der Waals surface area contributed by atoms with Gasteiger partial charge in [0, 0.05) is 6.04 Å². The number of carbonyl (C=O) groups excluding carboxylic acids is 2. The molecule has 0 spiro atoms. The predicted molar refractivity (Wildman–Crippen MR) is 88.5 cm³/mol. The topological polar surface area (TPSA) is 115 Å². The van der Waals surface area contributed by atoms with Crippen molar-refractivity contribution in [3.8, 4) is 0 Å². The average molecular weight is 359 g/mol. The van der Waals surface area contributed by atoms with Crippen LogP contribution in [0.2, 0.25) is 0 Å². The zero-order valence-corrected chi connectivity index (χ0v) is 13.9. The van der Waals surface area contributed by atoms with Crippen molar-refractivity contribution in [2.24, 2.45) is 0 Å². The third kappa shape index (κ3) is 3.97. The second-order valence-corrected chi connectivity index (χ2v) is 7.40. The standard InChI is InChI=1S/C17H16N2O5S/c20-16(18-12-8-9-12)14-6-1-2-7-15(14)19-25(23,24)13-5-3-4-11(10-13)17(21)22/h1-7,10,12,19H,8-9H2,(H,18,20)(H,21,22)/p-1. The first-order chi connectivity index (χ1) is 11.9. The number of hydrogen-bond acceptors (Lipinski definition) is 5. The molecule has 0 radical (unpaired) electrons. The molecule has 2 aromatic rings. The van der Waals surface area contributed by atoms with Crippen LogP contribution < -0.4 is 15.1 Å². The van der Waals surface area contributed by atoms with Gasteiger partial charge >= 0.3 is 0 Å². The molecule has 25 heavy (non-hydrogen) atoms. The number of hydrogen-bond donors (Lipinski definition) is 2. The van der Waals surface area contributed by atoms with Crippen molar-refractivity contribution >= 4 is 27.6 Å². The largest absolute Gasteiger partial charge is 0.545 e. The van der Waals surface area contributed by atoms with Gasteiger partial charge in [-0.3, -0.25) is 9.52 Å². The molecule has 130 valence electrons. The summed E-state index contributed by atoms with van der Waals surface area (Å²) in [5, 5.41) is 13.7. The first-order valence-electron chi connectivity index (χ1n) is 7.61. The molecule has 0 aliphatic heterocycles. The maximum absolute atomic E-state index is 12.5. The molecular weight excluding hydrogens is 344 g/mol. The van der Waals surface area contributed by atoms with Crippen LogP contribution in [0.15, 0.2) is 53.4 Å². The number of rotatable bonds is 6. The van der Waals surface area contributed by atoms with Gasteiger partial charge in [0.25, 0.3) is 15.9 Å². The van der Waals surface area contributed by atoms with E-state index in [1.165, 1.54) is 30.3 Å². The second kappa shape index (κ2) is 6.56. The van der Waals surface area contributed by atoms with E-state index in [-0.39, 0.29) is 33.7 Å². The summed E-state index contributed by atoms with van der Waals surface area (Å²) >= 11 is 0. The Morgan fingerprint density at radius 3 is 2.44 bits per heavy atom. The predicted octanol–water partition coefficient (Wildman–Crippen LogP) is 0.743. The third-order valence-electron chi connectivity index (χ3n) is 3.71. The fraction of sp³-hybridized carbons (Fsp3) is 0.176. The molecule has 0 heterocycles. The zero-order valence-electron chi connectivity index (χ0n) is 13.1. The molecule has 1 amide bonds. The summed E-state index contributed by atoms with van der Waals surface area (Å²) in [5.41, 5.74) is 0.0798. The first-order valence-corrected chi connectivity index (χ1v) is 9.09. The highest BCUT2D eigenvalue weighted by molar-refractivity contribution is 7.92. The average Bonchev–Trinajstić information content (AvgIpc) is 3.39. The minimum absolute atomic E-state index is 0.125. The fourth-order valence-corrected chi connectivity index (χ4v) is 3.38. The van der Waals surface area contributed by atoms with Crippen molar-refractivity contribution in [1.29, 1.82) is 0 Å². The molecular formula is C17H15N2O5S-. The maximum Gasteiger partial charge on any atom is 0.261 e. The van der Waals surface area contributed by atoms with Gasteiger partial charge in [-0.1, -0.05) is 24.3 Å². The molecule has 0 bridgehead atoms. The number of carboxylic acids is 1. The van der Waals surface area contributed by atoms with Crippen LogP contribution in [0.4, 0.5) is 5.69 Å². The SMILES string of the molecule is O=C([O-])c1cccc(S(=O)(=O)Nc2ccccc2C(=O)NC2CC2)c1. The molecule has 1 saturated carbocycles. The molecule has 7 nitrogen and oxygen atoms in total. The number of aromatic carboxylic acids is 1. The number of carboxylic acid groups (broad SMARTS) is 1. The van der Waals surface area contributed by atoms with Gasteiger partial charge in [-0.25, -0.2) is 8.42 Å². The highest BCUT2D eigenvalue weighted by Gasteiger charge is 2.25. The Kier molecular flexibility index (Phi) is 4.45. The number of sulfonamides is 1. The summed E-state index contributed by atoms with van der Waals surface area (Å²) in [6, 6.07) is 11.2. The van der Waals surface area contributed by atoms with Gasteiger partial charge in [-0.2, -0.15) is 0 Å². The van der Waals surface area contributed by atoms with E-state index in [1.54, 1.807) is 12.1 Å². The van der Waals surface area contributed by atoms with E-state index in [2.05, 4.69) is 10.0 Å². The van der Waals surface area contributed by atoms with Crippen LogP contribution in [0.5, 0.6) is 0 Å². The van der Waals surface area contributed by atoms with E-state index in [0.29, 0.717) is 0 Å². The summed E-state index contributed by atoms with van der Waals surface area (Å²) in [7, 11) is -4.06. The molecule has 0 aromatic heterocycles. The Labute approximate surface area is 144 Å². The Balaban J connectivity index is 1.89. The highest BCUT2D eigenvalue weighted by atomic mass is 32.2. The van der Waals surface area contributed by atoms with Gasteiger partial charge in [0.2, 0.25) is 0 Å². The van der Waals surface area contributed by atoms with Crippen LogP contribution in [0.25, 0.3) is 0 Å². The van der Waals surface area contributed by atoms with Crippen molar-refractivity contribution in [3.63, 3.8) is 0 Å². The van der Waals surface area contributed by atoms with Crippen molar-refractivity contribution in [3.05, 3.63) is 59.7 Å². The van der Waals surface area contributed by atoms with E-state index in [4.69, 9.17) is 0 Å². The molecule has 1 aliphatic carbocycles. The van der Waals surface area contributed by atoms with Gasteiger partial charge in [0.05, 0.1) is 22.1 Å². The smallest absolute Gasteiger partial charge is 0.261 e. The van der Waals surface area contributed by atoms with E-state index >= 15 is 0 Å². The summed E-state index contributed by atoms with van der Waals surface area (Å²) in [6.45, 7) is 0. The quantitative estimate of drug-likeness (QED) is 0.789. The Hall–Kier alpha value is -2.87. The second-order valence-electron chi connectivity index (χ2n) is 5.71. The molecule has 2 aromatic carbocycles. The van der Waals surface area contributed by atoms with Crippen LogP contribution >= 0.6 is 0 Å². The summed E-state index contributed by atoms with van der Waals surface area (Å²) in [4.78, 5) is 22.9. The minimum Gasteiger partial charge on any atom is -0.545 e. The number of nitrogens with one attached hydrogen (secondary N) is 2. The van der Waals surface area contributed by atoms with Crippen LogP contribution in [0.3, 0.4) is 0 Å². The van der Waals surface area contributed by atoms with Crippen molar-refractivity contribution in [2.75, 3.05) is 4.72 Å². The molecule has 8 heteroatoms. The number of anilines is 1. The van der Waals surface area contributed by atoms with Crippen LogP contribution in [0.1, 0.15) is 33.6 Å². The fourth-order valence-electron chi connectivity index (χ4n) is 2.25. The summed E-state index contributed by atoms with van der Waals surface area (Å²) < 4.78 is 27.4. The molecule has 3 rings (SSSR count). The summed E-state index contributed by atoms with van der Waals surface area (Å²) in [5.74, 6) is -1.83. The van der Waals surface area contributed by atoms with E-state index in [0.717, 1.165) is 18.9 Å². The first kappa shape index (κ1) is 17.0. The van der Waals surface area contributed by atoms with Crippen LogP contribution in [0, 0.1) is 0 Å². The number of para-hydroxylation sites is 1. The normalized spacial score (nSPS) is 13.9. The Morgan fingerprint density at radius 1 is 1.04 bits per heavy atom. The lowest BCUT2D eigenvalue weighted by atomic mass is 10.1. The van der Waals surface area contributed by atoms with Crippen LogP contribution in [-0.2, 0) is 10.0 Å². The van der Waals surface area contributed by atoms with E-state index in [1.807, 2.05) is 0 Å². The molecule has 1 fully saturated rings. The number of carbonyl (C=O) groups is 2. The molecule has 0 unspecified atom stereocenters. The van der Waals surface area contributed by atoms with Crippen LogP contribution in [-0.4, -0.2) is 26.3 Å². The third-order valence-corrected chi connectivity index (χ3v) is 5.07. The van der Waals surface area contributed by atoms with Gasteiger partial charge in [-0.05, 0) is 42.7 Å². The zero-order chi connectivity index (χ0) is 18.0. The lowest BCUT2D eigenvalue weighted by Crippen LogP contribution is -2.27. The van der Waals surface area contributed by atoms with Crippen molar-refractivity contribution in [2.45, 2.75) is 23.8 Å². The molecule has 1 aliphatic rings. The van der Waals surface area contributed by atoms with Gasteiger partial charge in [0.1, 0.15) is 0 Å². The van der Waals surface area contributed by atoms with Gasteiger partial charge < -0.3 is 15.2 Å². The lowest BCUT2D eigenvalue weighted by Gasteiger charge is -2.13. The summed E-state index contributed by atoms with van der Waals surface area (Å²) in [6.07, 6.45) is 1.82. The number of amides is 1. The molecule has 2 N–H and O–H groups in total. The number of benzene rings is 2. The van der Waals surface area contributed by atoms with Crippen molar-refractivity contribution < 1.29 is 23.1 Å². The Bertz CT molecular complexity index is 936. The molecule has 0 saturated heterocycles. The van der Waals surface area contributed by atoms with E-state index in [9.17, 15) is 23.1 Å². The molecule has 0 atom stereocenters. The highest BCUT2D eigenvalue weighted by Crippen LogP contribution is 2.23. The lowest BCUT2D eigenvalue weighted by molar-refractivity contribution is -0.255. The van der Waals surface area contributed by atoms with E-state index < -0.39 is 16.0 Å². The minimum atomic E-state index is -4.06. The van der Waals surface area contributed by atoms with Crippen molar-refractivity contribution in [1.82, 2.24) is 5.32 Å². The van der Waals surface area contributed by atoms with Gasteiger partial charge in [0.15, 0.2) is 0 Å². The monoisotopic (exact) mass is 359 g/mol.